The molecule has 1 N–H and O–H groups in total. The molecule has 1 fully saturated rings. The minimum atomic E-state index is -0.319. The molecule has 0 aliphatic carbocycles. The van der Waals surface area contributed by atoms with Crippen LogP contribution in [0.15, 0.2) is 61.6 Å². The second-order valence-corrected chi connectivity index (χ2v) is 10.4. The summed E-state index contributed by atoms with van der Waals surface area (Å²) in [4.78, 5) is 33.5. The Labute approximate surface area is 221 Å². The van der Waals surface area contributed by atoms with E-state index in [9.17, 15) is 9.18 Å². The lowest BCUT2D eigenvalue weighted by molar-refractivity contribution is 0.0930. The topological polar surface area (TPSA) is 88.8 Å². The molecule has 196 valence electrons. The minimum absolute atomic E-state index is 0.0461. The van der Waals surface area contributed by atoms with Gasteiger partial charge in [-0.3, -0.25) is 9.78 Å². The van der Waals surface area contributed by atoms with Gasteiger partial charge in [0.15, 0.2) is 17.0 Å². The maximum Gasteiger partial charge on any atom is 0.253 e. The molecule has 4 aromatic rings. The number of nitrogens with one attached hydrogen (secondary N) is 1. The number of allylic oxidation sites excluding steroid dienone is 1. The lowest BCUT2D eigenvalue weighted by Crippen LogP contribution is -2.45. The average molecular weight is 514 g/mol. The number of pyridine rings is 1. The van der Waals surface area contributed by atoms with E-state index >= 15 is 0 Å². The van der Waals surface area contributed by atoms with Gasteiger partial charge in [-0.1, -0.05) is 32.1 Å². The van der Waals surface area contributed by atoms with Gasteiger partial charge in [-0.25, -0.2) is 19.3 Å². The summed E-state index contributed by atoms with van der Waals surface area (Å²) in [5, 5.41) is 3.13. The number of anilines is 1. The quantitative estimate of drug-likeness (QED) is 0.357. The second-order valence-electron chi connectivity index (χ2n) is 10.4. The molecule has 0 spiro atoms. The van der Waals surface area contributed by atoms with Crippen molar-refractivity contribution in [3.05, 3.63) is 78.8 Å². The number of aromatic nitrogens is 5. The van der Waals surface area contributed by atoms with Gasteiger partial charge in [-0.05, 0) is 43.5 Å². The van der Waals surface area contributed by atoms with E-state index in [0.717, 1.165) is 55.2 Å². The Morgan fingerprint density at radius 3 is 2.66 bits per heavy atom. The summed E-state index contributed by atoms with van der Waals surface area (Å²) in [6.45, 7) is 9.69. The van der Waals surface area contributed by atoms with E-state index in [4.69, 9.17) is 4.98 Å². The van der Waals surface area contributed by atoms with Gasteiger partial charge in [0.05, 0.1) is 11.3 Å². The molecule has 8 nitrogen and oxygen atoms in total. The molecule has 0 unspecified atom stereocenters. The van der Waals surface area contributed by atoms with Crippen LogP contribution in [-0.2, 0) is 12.5 Å². The zero-order valence-corrected chi connectivity index (χ0v) is 22.0. The lowest BCUT2D eigenvalue weighted by atomic mass is 9.88. The average Bonchev–Trinajstić information content (AvgIpc) is 3.27. The van der Waals surface area contributed by atoms with Crippen LogP contribution in [0.3, 0.4) is 0 Å². The van der Waals surface area contributed by atoms with Crippen molar-refractivity contribution in [3.63, 3.8) is 0 Å². The SMILES string of the molecule is C=CCC(C)(C)c1nc2c(N3CCC(NC(=O)c4ccc(-c5cccc(F)c5)nc4)CC3)ncnc2n1C. The first-order valence-corrected chi connectivity index (χ1v) is 12.8. The highest BCUT2D eigenvalue weighted by Gasteiger charge is 2.29. The second kappa shape index (κ2) is 10.3. The molecule has 1 saturated heterocycles. The molecule has 4 heterocycles. The third-order valence-electron chi connectivity index (χ3n) is 7.17. The first-order chi connectivity index (χ1) is 18.3. The Morgan fingerprint density at radius 2 is 1.97 bits per heavy atom. The van der Waals surface area contributed by atoms with Gasteiger partial charge in [0.1, 0.15) is 18.0 Å². The Kier molecular flexibility index (Phi) is 6.93. The molecule has 0 bridgehead atoms. The van der Waals surface area contributed by atoms with Crippen molar-refractivity contribution in [2.75, 3.05) is 18.0 Å². The Morgan fingerprint density at radius 1 is 1.18 bits per heavy atom. The highest BCUT2D eigenvalue weighted by Crippen LogP contribution is 2.32. The van der Waals surface area contributed by atoms with Gasteiger partial charge >= 0.3 is 0 Å². The van der Waals surface area contributed by atoms with Crippen LogP contribution in [0.2, 0.25) is 0 Å². The fraction of sp³-hybridized carbons (Fsp3) is 0.345. The summed E-state index contributed by atoms with van der Waals surface area (Å²) < 4.78 is 15.6. The summed E-state index contributed by atoms with van der Waals surface area (Å²) in [6.07, 6.45) is 7.43. The molecule has 0 atom stereocenters. The van der Waals surface area contributed by atoms with Gasteiger partial charge in [-0.2, -0.15) is 0 Å². The van der Waals surface area contributed by atoms with Gasteiger partial charge in [0, 0.05) is 43.4 Å². The van der Waals surface area contributed by atoms with Crippen molar-refractivity contribution in [3.8, 4) is 11.3 Å². The number of carbonyl (C=O) groups is 1. The Balaban J connectivity index is 1.24. The van der Waals surface area contributed by atoms with Crippen LogP contribution >= 0.6 is 0 Å². The third kappa shape index (κ3) is 5.01. The number of aryl methyl sites for hydroxylation is 1. The predicted octanol–water partition coefficient (Wildman–Crippen LogP) is 4.82. The molecule has 0 radical (unpaired) electrons. The molecule has 1 amide bonds. The van der Waals surface area contributed by atoms with Crippen LogP contribution in [0.4, 0.5) is 10.2 Å². The summed E-state index contributed by atoms with van der Waals surface area (Å²) in [6, 6.07) is 9.76. The van der Waals surface area contributed by atoms with Crippen LogP contribution < -0.4 is 10.2 Å². The number of amides is 1. The van der Waals surface area contributed by atoms with Gasteiger partial charge in [-0.15, -0.1) is 6.58 Å². The Bertz CT molecular complexity index is 1470. The Hall–Kier alpha value is -4.14. The summed E-state index contributed by atoms with van der Waals surface area (Å²) in [5.41, 5.74) is 3.22. The van der Waals surface area contributed by atoms with Crippen molar-refractivity contribution in [2.45, 2.75) is 44.6 Å². The van der Waals surface area contributed by atoms with E-state index in [2.05, 4.69) is 45.6 Å². The zero-order valence-electron chi connectivity index (χ0n) is 22.0. The van der Waals surface area contributed by atoms with Crippen LogP contribution in [-0.4, -0.2) is 49.5 Å². The first kappa shape index (κ1) is 25.5. The largest absolute Gasteiger partial charge is 0.355 e. The van der Waals surface area contributed by atoms with Crippen molar-refractivity contribution >= 4 is 22.9 Å². The van der Waals surface area contributed by atoms with Gasteiger partial charge in [0.2, 0.25) is 0 Å². The maximum atomic E-state index is 13.5. The van der Waals surface area contributed by atoms with E-state index in [1.807, 2.05) is 17.7 Å². The van der Waals surface area contributed by atoms with Gasteiger partial charge in [0.25, 0.3) is 5.91 Å². The first-order valence-electron chi connectivity index (χ1n) is 12.8. The number of hydrogen-bond acceptors (Lipinski definition) is 6. The normalized spacial score (nSPS) is 14.6. The van der Waals surface area contributed by atoms with Crippen molar-refractivity contribution < 1.29 is 9.18 Å². The molecule has 1 aromatic carbocycles. The molecule has 3 aromatic heterocycles. The van der Waals surface area contributed by atoms with Crippen LogP contribution in [0.25, 0.3) is 22.4 Å². The molecule has 1 aliphatic rings. The van der Waals surface area contributed by atoms with Crippen molar-refractivity contribution in [1.29, 1.82) is 0 Å². The summed E-state index contributed by atoms with van der Waals surface area (Å²) in [5.74, 6) is 1.30. The minimum Gasteiger partial charge on any atom is -0.355 e. The number of hydrogen-bond donors (Lipinski definition) is 1. The number of fused-ring (bicyclic) bond motifs is 1. The third-order valence-corrected chi connectivity index (χ3v) is 7.17. The molecule has 0 saturated carbocycles. The number of nitrogens with zero attached hydrogens (tertiary/aromatic N) is 6. The molecule has 5 rings (SSSR count). The fourth-order valence-electron chi connectivity index (χ4n) is 5.13. The van der Waals surface area contributed by atoms with Crippen LogP contribution in [0.5, 0.6) is 0 Å². The summed E-state index contributed by atoms with van der Waals surface area (Å²) in [7, 11) is 1.99. The smallest absolute Gasteiger partial charge is 0.253 e. The van der Waals surface area contributed by atoms with E-state index in [-0.39, 0.29) is 23.2 Å². The van der Waals surface area contributed by atoms with E-state index in [1.165, 1.54) is 18.3 Å². The molecule has 9 heteroatoms. The highest BCUT2D eigenvalue weighted by molar-refractivity contribution is 5.94. The van der Waals surface area contributed by atoms with Crippen LogP contribution in [0, 0.1) is 5.82 Å². The number of halogens is 1. The lowest BCUT2D eigenvalue weighted by Gasteiger charge is -2.33. The van der Waals surface area contributed by atoms with Gasteiger partial charge < -0.3 is 14.8 Å². The monoisotopic (exact) mass is 513 g/mol. The molecule has 1 aliphatic heterocycles. The standard InChI is InChI=1S/C29H32FN7O/c1-5-13-29(2,3)28-35-24-25(36(28)4)32-18-33-26(24)37-14-11-22(12-15-37)34-27(38)20-9-10-23(31-17-20)19-7-6-8-21(30)16-19/h5-10,16-18,22H,1,11-15H2,2-4H3,(H,34,38). The fourth-order valence-corrected chi connectivity index (χ4v) is 5.13. The zero-order chi connectivity index (χ0) is 26.9. The van der Waals surface area contributed by atoms with Crippen molar-refractivity contribution in [1.82, 2.24) is 29.8 Å². The molecule has 38 heavy (non-hydrogen) atoms. The number of benzene rings is 1. The van der Waals surface area contributed by atoms with E-state index in [1.54, 1.807) is 30.6 Å². The number of carbonyl (C=O) groups excluding carboxylic acids is 1. The number of imidazole rings is 1. The highest BCUT2D eigenvalue weighted by atomic mass is 19.1. The van der Waals surface area contributed by atoms with Crippen molar-refractivity contribution in [2.24, 2.45) is 7.05 Å². The van der Waals surface area contributed by atoms with E-state index < -0.39 is 0 Å². The van der Waals surface area contributed by atoms with Crippen LogP contribution in [0.1, 0.15) is 49.3 Å². The number of piperidine rings is 1. The summed E-state index contributed by atoms with van der Waals surface area (Å²) >= 11 is 0. The van der Waals surface area contributed by atoms with E-state index in [0.29, 0.717) is 16.8 Å². The molecular formula is C29H32FN7O. The molecular weight excluding hydrogens is 481 g/mol. The maximum absolute atomic E-state index is 13.5. The predicted molar refractivity (Wildman–Crippen MR) is 146 cm³/mol. The number of rotatable bonds is 7.